The highest BCUT2D eigenvalue weighted by Gasteiger charge is 2.34. The Morgan fingerprint density at radius 2 is 1.90 bits per heavy atom. The second-order valence-electron chi connectivity index (χ2n) is 7.40. The fourth-order valence-electron chi connectivity index (χ4n) is 4.08. The number of fused-ring (bicyclic) bond motifs is 3. The molecular weight excluding hydrogens is 454 g/mol. The third-order valence-corrected chi connectivity index (χ3v) is 8.83. The highest BCUT2D eigenvalue weighted by molar-refractivity contribution is 7.99. The molecule has 0 saturated heterocycles. The predicted octanol–water partition coefficient (Wildman–Crippen LogP) is 2.51. The van der Waals surface area contributed by atoms with Gasteiger partial charge in [0.1, 0.15) is 10.0 Å². The molecule has 162 valence electrons. The van der Waals surface area contributed by atoms with Crippen LogP contribution in [0.25, 0.3) is 21.6 Å². The number of aliphatic hydroxyl groups excluding tert-OH is 1. The van der Waals surface area contributed by atoms with Crippen LogP contribution in [0.3, 0.4) is 0 Å². The first kappa shape index (κ1) is 20.7. The van der Waals surface area contributed by atoms with E-state index < -0.39 is 0 Å². The second kappa shape index (κ2) is 7.73. The minimum absolute atomic E-state index is 0.0646. The fourth-order valence-corrected chi connectivity index (χ4v) is 7.32. The van der Waals surface area contributed by atoms with Gasteiger partial charge in [-0.15, -0.1) is 34.4 Å². The highest BCUT2D eigenvalue weighted by Crippen LogP contribution is 2.47. The molecule has 0 spiro atoms. The normalized spacial score (nSPS) is 16.2. The van der Waals surface area contributed by atoms with Gasteiger partial charge in [-0.05, 0) is 6.42 Å². The third kappa shape index (κ3) is 3.05. The van der Waals surface area contributed by atoms with E-state index in [1.807, 2.05) is 0 Å². The maximum atomic E-state index is 13.3. The van der Waals surface area contributed by atoms with Crippen LogP contribution in [-0.4, -0.2) is 34.5 Å². The van der Waals surface area contributed by atoms with E-state index in [0.717, 1.165) is 38.8 Å². The number of thiazole rings is 2. The number of rotatable bonds is 4. The molecular formula is C20H21N5O3S3. The maximum Gasteiger partial charge on any atom is 0.331 e. The van der Waals surface area contributed by atoms with Crippen molar-refractivity contribution >= 4 is 45.3 Å². The minimum Gasteiger partial charge on any atom is -0.390 e. The number of hydrogen-bond acceptors (Lipinski definition) is 8. The van der Waals surface area contributed by atoms with Gasteiger partial charge >= 0.3 is 5.69 Å². The zero-order valence-electron chi connectivity index (χ0n) is 17.3. The Balaban J connectivity index is 1.90. The monoisotopic (exact) mass is 475 g/mol. The predicted molar refractivity (Wildman–Crippen MR) is 125 cm³/mol. The highest BCUT2D eigenvalue weighted by atomic mass is 32.2. The molecule has 1 N–H and O–H groups in total. The SMILES string of the molecule is CCc1csc(C2SCCn3c(-c4nc(CO)cs4)c4c(=O)n(C)c(=O)n(C)c4c32)n1. The van der Waals surface area contributed by atoms with E-state index >= 15 is 0 Å². The number of thioether (sulfide) groups is 1. The van der Waals surface area contributed by atoms with Crippen molar-refractivity contribution in [1.29, 1.82) is 0 Å². The summed E-state index contributed by atoms with van der Waals surface area (Å²) in [5.74, 6) is 0.860. The van der Waals surface area contributed by atoms with Crippen LogP contribution in [0, 0.1) is 0 Å². The first-order valence-electron chi connectivity index (χ1n) is 9.89. The molecule has 4 aromatic heterocycles. The average Bonchev–Trinajstić information content (AvgIpc) is 3.52. The fraction of sp³-hybridized carbons (Fsp3) is 0.400. The Labute approximate surface area is 189 Å². The summed E-state index contributed by atoms with van der Waals surface area (Å²) in [6.45, 7) is 2.63. The lowest BCUT2D eigenvalue weighted by Crippen LogP contribution is -2.37. The summed E-state index contributed by atoms with van der Waals surface area (Å²) in [7, 11) is 3.22. The summed E-state index contributed by atoms with van der Waals surface area (Å²) in [4.78, 5) is 35.5. The average molecular weight is 476 g/mol. The topological polar surface area (TPSA) is 94.9 Å². The summed E-state index contributed by atoms with van der Waals surface area (Å²) in [5, 5.41) is 15.5. The summed E-state index contributed by atoms with van der Waals surface area (Å²) in [5.41, 5.74) is 3.24. The minimum atomic E-state index is -0.352. The van der Waals surface area contributed by atoms with Gasteiger partial charge in [-0.1, -0.05) is 6.92 Å². The standard InChI is InChI=1S/C20H21N5O3S3/c1-4-10-8-31-18(21-10)16-15-13-12(19(27)24(3)20(28)23(13)2)14(25(15)5-6-29-16)17-22-11(7-26)9-30-17/h8-9,16,26H,4-7H2,1-3H3. The van der Waals surface area contributed by atoms with E-state index in [1.54, 1.807) is 40.1 Å². The van der Waals surface area contributed by atoms with E-state index in [4.69, 9.17) is 4.98 Å². The first-order chi connectivity index (χ1) is 15.0. The molecule has 1 aliphatic rings. The Kier molecular flexibility index (Phi) is 5.16. The molecule has 0 bridgehead atoms. The molecule has 0 amide bonds. The van der Waals surface area contributed by atoms with Gasteiger partial charge in [-0.25, -0.2) is 14.8 Å². The van der Waals surface area contributed by atoms with Crippen LogP contribution in [0.2, 0.25) is 0 Å². The molecule has 1 atom stereocenters. The molecule has 11 heteroatoms. The molecule has 1 unspecified atom stereocenters. The molecule has 31 heavy (non-hydrogen) atoms. The van der Waals surface area contributed by atoms with Crippen molar-refractivity contribution in [2.75, 3.05) is 5.75 Å². The van der Waals surface area contributed by atoms with Crippen LogP contribution in [0.4, 0.5) is 0 Å². The Morgan fingerprint density at radius 1 is 1.13 bits per heavy atom. The molecule has 4 aromatic rings. The van der Waals surface area contributed by atoms with E-state index in [1.165, 1.54) is 18.4 Å². The van der Waals surface area contributed by atoms with Gasteiger partial charge in [0.05, 0.1) is 45.5 Å². The van der Waals surface area contributed by atoms with Crippen molar-refractivity contribution < 1.29 is 5.11 Å². The van der Waals surface area contributed by atoms with Crippen LogP contribution in [-0.2, 0) is 33.7 Å². The van der Waals surface area contributed by atoms with Gasteiger partial charge in [0.2, 0.25) is 0 Å². The molecule has 5 heterocycles. The van der Waals surface area contributed by atoms with Gasteiger partial charge in [-0.2, -0.15) is 0 Å². The molecule has 1 aliphatic heterocycles. The van der Waals surface area contributed by atoms with Gasteiger partial charge in [0.15, 0.2) is 0 Å². The molecule has 0 aromatic carbocycles. The van der Waals surface area contributed by atoms with E-state index in [0.29, 0.717) is 28.1 Å². The third-order valence-electron chi connectivity index (χ3n) is 5.62. The maximum absolute atomic E-state index is 13.3. The van der Waals surface area contributed by atoms with Gasteiger partial charge in [-0.3, -0.25) is 13.9 Å². The van der Waals surface area contributed by atoms with Crippen LogP contribution in [0.1, 0.15) is 34.3 Å². The Bertz CT molecular complexity index is 1420. The van der Waals surface area contributed by atoms with Gasteiger partial charge in [0, 0.05) is 37.2 Å². The van der Waals surface area contributed by atoms with Crippen molar-refractivity contribution in [2.24, 2.45) is 14.1 Å². The summed E-state index contributed by atoms with van der Waals surface area (Å²) >= 11 is 4.81. The van der Waals surface area contributed by atoms with Crippen molar-refractivity contribution in [2.45, 2.75) is 31.7 Å². The largest absolute Gasteiger partial charge is 0.390 e. The number of hydrogen-bond donors (Lipinski definition) is 1. The van der Waals surface area contributed by atoms with Crippen LogP contribution in [0.5, 0.6) is 0 Å². The molecule has 0 fully saturated rings. The second-order valence-corrected chi connectivity index (χ2v) is 10.4. The smallest absolute Gasteiger partial charge is 0.331 e. The molecule has 8 nitrogen and oxygen atoms in total. The van der Waals surface area contributed by atoms with Crippen molar-refractivity contribution in [1.82, 2.24) is 23.7 Å². The number of aromatic nitrogens is 5. The molecule has 0 radical (unpaired) electrons. The number of aliphatic hydroxyl groups is 1. The van der Waals surface area contributed by atoms with Gasteiger partial charge in [0.25, 0.3) is 5.56 Å². The lowest BCUT2D eigenvalue weighted by atomic mass is 10.2. The van der Waals surface area contributed by atoms with Crippen LogP contribution >= 0.6 is 34.4 Å². The summed E-state index contributed by atoms with van der Waals surface area (Å²) < 4.78 is 4.86. The van der Waals surface area contributed by atoms with Crippen LogP contribution < -0.4 is 11.2 Å². The zero-order chi connectivity index (χ0) is 21.9. The Hall–Kier alpha value is -2.21. The molecule has 0 saturated carbocycles. The lowest BCUT2D eigenvalue weighted by molar-refractivity contribution is 0.278. The molecule has 0 aliphatic carbocycles. The Morgan fingerprint density at radius 3 is 2.58 bits per heavy atom. The zero-order valence-corrected chi connectivity index (χ0v) is 19.7. The molecule has 5 rings (SSSR count). The van der Waals surface area contributed by atoms with E-state index in [2.05, 4.69) is 21.9 Å². The van der Waals surface area contributed by atoms with Crippen molar-refractivity contribution in [3.63, 3.8) is 0 Å². The number of aryl methyl sites for hydroxylation is 2. The van der Waals surface area contributed by atoms with E-state index in [9.17, 15) is 14.7 Å². The van der Waals surface area contributed by atoms with Crippen molar-refractivity contribution in [3.8, 4) is 10.7 Å². The first-order valence-corrected chi connectivity index (χ1v) is 12.7. The lowest BCUT2D eigenvalue weighted by Gasteiger charge is -2.24. The van der Waals surface area contributed by atoms with Crippen molar-refractivity contribution in [3.05, 3.63) is 53.7 Å². The number of nitrogens with zero attached hydrogens (tertiary/aromatic N) is 5. The summed E-state index contributed by atoms with van der Waals surface area (Å²) in [6.07, 6.45) is 0.864. The van der Waals surface area contributed by atoms with Gasteiger partial charge < -0.3 is 9.67 Å². The van der Waals surface area contributed by atoms with E-state index in [-0.39, 0.29) is 23.1 Å². The van der Waals surface area contributed by atoms with Crippen LogP contribution in [0.15, 0.2) is 20.3 Å². The quantitative estimate of drug-likeness (QED) is 0.487. The summed E-state index contributed by atoms with van der Waals surface area (Å²) in [6, 6.07) is 0.